The molecular weight excluding hydrogens is 301 g/mol. The lowest BCUT2D eigenvalue weighted by Gasteiger charge is -2.14. The number of nitrogens with one attached hydrogen (secondary N) is 1. The summed E-state index contributed by atoms with van der Waals surface area (Å²) in [7, 11) is 0. The largest absolute Gasteiger partial charge is 0.435 e. The zero-order valence-electron chi connectivity index (χ0n) is 11.8. The van der Waals surface area contributed by atoms with E-state index < -0.39 is 11.9 Å². The molecule has 2 rings (SSSR count). The molecule has 2 aromatic heterocycles. The minimum absolute atomic E-state index is 0.131. The van der Waals surface area contributed by atoms with Crippen LogP contribution >= 0.6 is 11.8 Å². The molecule has 1 unspecified atom stereocenters. The van der Waals surface area contributed by atoms with Gasteiger partial charge in [-0.05, 0) is 24.9 Å². The van der Waals surface area contributed by atoms with Crippen LogP contribution in [-0.2, 0) is 6.18 Å². The molecule has 8 heteroatoms. The Morgan fingerprint density at radius 2 is 2.19 bits per heavy atom. The highest BCUT2D eigenvalue weighted by molar-refractivity contribution is 7.99. The van der Waals surface area contributed by atoms with Crippen LogP contribution in [0.15, 0.2) is 18.5 Å². The van der Waals surface area contributed by atoms with Gasteiger partial charge in [0.2, 0.25) is 0 Å². The molecular formula is C13H17F3N4S. The van der Waals surface area contributed by atoms with Gasteiger partial charge in [-0.15, -0.1) is 0 Å². The lowest BCUT2D eigenvalue weighted by atomic mass is 10.2. The zero-order chi connectivity index (χ0) is 15.5. The second kappa shape index (κ2) is 6.55. The lowest BCUT2D eigenvalue weighted by Crippen LogP contribution is -2.17. The van der Waals surface area contributed by atoms with Crippen LogP contribution < -0.4 is 5.32 Å². The molecule has 0 amide bonds. The topological polar surface area (TPSA) is 42.2 Å². The number of alkyl halides is 3. The summed E-state index contributed by atoms with van der Waals surface area (Å²) < 4.78 is 39.3. The number of hydrogen-bond donors (Lipinski definition) is 1. The fourth-order valence-electron chi connectivity index (χ4n) is 1.88. The van der Waals surface area contributed by atoms with Gasteiger partial charge < -0.3 is 5.32 Å². The van der Waals surface area contributed by atoms with Gasteiger partial charge in [0.15, 0.2) is 11.5 Å². The molecule has 2 aromatic rings. The molecule has 2 heterocycles. The first-order chi connectivity index (χ1) is 9.91. The number of halogens is 3. The minimum Gasteiger partial charge on any atom is -0.366 e. The molecule has 0 aliphatic rings. The van der Waals surface area contributed by atoms with Crippen molar-refractivity contribution in [2.45, 2.75) is 32.5 Å². The number of hydrogen-bond acceptors (Lipinski definition) is 4. The summed E-state index contributed by atoms with van der Waals surface area (Å²) in [6.45, 7) is 4.08. The molecule has 1 atom stereocenters. The number of fused-ring (bicyclic) bond motifs is 1. The Bertz CT molecular complexity index is 597. The Kier molecular flexibility index (Phi) is 4.97. The standard InChI is InChI=1S/C13H17F3N4S/c1-3-21-7-4-9(2)18-12-10-8-11(13(14,15)16)19-20(10)6-5-17-12/h5-6,8-9H,3-4,7H2,1-2H3,(H,17,18). The van der Waals surface area contributed by atoms with E-state index in [0.717, 1.165) is 24.0 Å². The van der Waals surface area contributed by atoms with Crippen LogP contribution in [0, 0.1) is 0 Å². The molecule has 1 N–H and O–H groups in total. The molecule has 0 spiro atoms. The number of anilines is 1. The predicted octanol–water partition coefficient (Wildman–Crippen LogP) is 3.69. The number of rotatable bonds is 6. The van der Waals surface area contributed by atoms with Crippen LogP contribution in [0.5, 0.6) is 0 Å². The molecule has 0 saturated heterocycles. The molecule has 4 nitrogen and oxygen atoms in total. The first-order valence-electron chi connectivity index (χ1n) is 6.67. The number of nitrogens with zero attached hydrogens (tertiary/aromatic N) is 3. The van der Waals surface area contributed by atoms with Crippen molar-refractivity contribution in [2.75, 3.05) is 16.8 Å². The van der Waals surface area contributed by atoms with Crippen molar-refractivity contribution in [2.24, 2.45) is 0 Å². The van der Waals surface area contributed by atoms with E-state index in [9.17, 15) is 13.2 Å². The van der Waals surface area contributed by atoms with Crippen LogP contribution in [0.2, 0.25) is 0 Å². The van der Waals surface area contributed by atoms with Crippen molar-refractivity contribution in [3.63, 3.8) is 0 Å². The highest BCUT2D eigenvalue weighted by Gasteiger charge is 2.34. The van der Waals surface area contributed by atoms with Crippen LogP contribution in [0.1, 0.15) is 26.0 Å². The normalized spacial score (nSPS) is 13.6. The van der Waals surface area contributed by atoms with E-state index in [1.807, 2.05) is 18.7 Å². The van der Waals surface area contributed by atoms with E-state index in [1.165, 1.54) is 16.9 Å². The third-order valence-electron chi connectivity index (χ3n) is 2.96. The van der Waals surface area contributed by atoms with Crippen LogP contribution in [0.3, 0.4) is 0 Å². The molecule has 0 saturated carbocycles. The Hall–Kier alpha value is -1.44. The van der Waals surface area contributed by atoms with Gasteiger partial charge in [-0.2, -0.15) is 30.0 Å². The lowest BCUT2D eigenvalue weighted by molar-refractivity contribution is -0.141. The molecule has 21 heavy (non-hydrogen) atoms. The molecule has 0 radical (unpaired) electrons. The first kappa shape index (κ1) is 15.9. The third kappa shape index (κ3) is 4.03. The molecule has 0 fully saturated rings. The van der Waals surface area contributed by atoms with E-state index in [-0.39, 0.29) is 6.04 Å². The maximum Gasteiger partial charge on any atom is 0.435 e. The summed E-state index contributed by atoms with van der Waals surface area (Å²) in [5.41, 5.74) is -0.576. The second-order valence-corrected chi connectivity index (χ2v) is 6.06. The fraction of sp³-hybridized carbons (Fsp3) is 0.538. The van der Waals surface area contributed by atoms with Crippen molar-refractivity contribution in [3.8, 4) is 0 Å². The van der Waals surface area contributed by atoms with Gasteiger partial charge in [0.05, 0.1) is 0 Å². The molecule has 0 aliphatic carbocycles. The van der Waals surface area contributed by atoms with E-state index in [4.69, 9.17) is 0 Å². The molecule has 0 bridgehead atoms. The zero-order valence-corrected chi connectivity index (χ0v) is 12.6. The monoisotopic (exact) mass is 318 g/mol. The van der Waals surface area contributed by atoms with E-state index in [0.29, 0.717) is 11.3 Å². The van der Waals surface area contributed by atoms with Crippen molar-refractivity contribution in [1.82, 2.24) is 14.6 Å². The summed E-state index contributed by atoms with van der Waals surface area (Å²) in [6, 6.07) is 1.15. The Morgan fingerprint density at radius 1 is 1.43 bits per heavy atom. The van der Waals surface area contributed by atoms with Crippen molar-refractivity contribution in [3.05, 3.63) is 24.2 Å². The van der Waals surface area contributed by atoms with Crippen LogP contribution in [0.4, 0.5) is 19.0 Å². The van der Waals surface area contributed by atoms with Gasteiger partial charge in [-0.1, -0.05) is 6.92 Å². The Labute approximate surface area is 125 Å². The number of aromatic nitrogens is 3. The van der Waals surface area contributed by atoms with Gasteiger partial charge in [0, 0.05) is 24.5 Å². The van der Waals surface area contributed by atoms with Crippen molar-refractivity contribution < 1.29 is 13.2 Å². The molecule has 0 aromatic carbocycles. The average Bonchev–Trinajstić information content (AvgIpc) is 2.84. The van der Waals surface area contributed by atoms with Gasteiger partial charge in [-0.25, -0.2) is 9.50 Å². The third-order valence-corrected chi connectivity index (χ3v) is 3.90. The Morgan fingerprint density at radius 3 is 2.86 bits per heavy atom. The minimum atomic E-state index is -4.45. The predicted molar refractivity (Wildman–Crippen MR) is 78.7 cm³/mol. The van der Waals surface area contributed by atoms with E-state index in [1.54, 1.807) is 0 Å². The summed E-state index contributed by atoms with van der Waals surface area (Å²) in [5.74, 6) is 2.48. The van der Waals surface area contributed by atoms with Gasteiger partial charge >= 0.3 is 6.18 Å². The maximum atomic E-state index is 12.7. The average molecular weight is 318 g/mol. The summed E-state index contributed by atoms with van der Waals surface area (Å²) in [5, 5.41) is 6.69. The summed E-state index contributed by atoms with van der Waals surface area (Å²) in [4.78, 5) is 4.12. The first-order valence-corrected chi connectivity index (χ1v) is 7.83. The van der Waals surface area contributed by atoms with Gasteiger partial charge in [0.25, 0.3) is 0 Å². The highest BCUT2D eigenvalue weighted by atomic mass is 32.2. The van der Waals surface area contributed by atoms with E-state index in [2.05, 4.69) is 22.3 Å². The van der Waals surface area contributed by atoms with Crippen molar-refractivity contribution in [1.29, 1.82) is 0 Å². The summed E-state index contributed by atoms with van der Waals surface area (Å²) in [6.07, 6.45) is -0.683. The van der Waals surface area contributed by atoms with Crippen LogP contribution in [0.25, 0.3) is 5.52 Å². The van der Waals surface area contributed by atoms with E-state index >= 15 is 0 Å². The maximum absolute atomic E-state index is 12.7. The fourth-order valence-corrected chi connectivity index (χ4v) is 2.69. The smallest absolute Gasteiger partial charge is 0.366 e. The quantitative estimate of drug-likeness (QED) is 0.825. The number of thioether (sulfide) groups is 1. The highest BCUT2D eigenvalue weighted by Crippen LogP contribution is 2.30. The second-order valence-electron chi connectivity index (χ2n) is 4.66. The van der Waals surface area contributed by atoms with Gasteiger partial charge in [-0.3, -0.25) is 0 Å². The van der Waals surface area contributed by atoms with Crippen LogP contribution in [-0.4, -0.2) is 32.1 Å². The van der Waals surface area contributed by atoms with Crippen molar-refractivity contribution >= 4 is 23.1 Å². The molecule has 0 aliphatic heterocycles. The Balaban J connectivity index is 2.18. The van der Waals surface area contributed by atoms with Gasteiger partial charge in [0.1, 0.15) is 5.52 Å². The SMILES string of the molecule is CCSCCC(C)Nc1nccn2nc(C(F)(F)F)cc12. The molecule has 116 valence electrons. The summed E-state index contributed by atoms with van der Waals surface area (Å²) >= 11 is 1.83.